The molecule has 0 atom stereocenters. The molecule has 0 fully saturated rings. The topological polar surface area (TPSA) is 37.2 Å². The van der Waals surface area contributed by atoms with Crippen molar-refractivity contribution < 1.29 is 5.11 Å². The fourth-order valence-corrected chi connectivity index (χ4v) is 1.93. The van der Waals surface area contributed by atoms with Crippen molar-refractivity contribution in [2.24, 2.45) is 5.41 Å². The lowest BCUT2D eigenvalue weighted by molar-refractivity contribution is 0.207. The van der Waals surface area contributed by atoms with E-state index in [1.54, 1.807) is 0 Å². The number of nitrogens with one attached hydrogen (secondary N) is 1. The molecule has 0 saturated heterocycles. The Hall–Kier alpha value is -0.800. The van der Waals surface area contributed by atoms with E-state index >= 15 is 0 Å². The summed E-state index contributed by atoms with van der Waals surface area (Å²) in [5.41, 5.74) is 1.50. The summed E-state index contributed by atoms with van der Waals surface area (Å²) < 4.78 is 2.23. The van der Waals surface area contributed by atoms with Gasteiger partial charge in [-0.1, -0.05) is 20.8 Å². The van der Waals surface area contributed by atoms with E-state index in [4.69, 9.17) is 5.11 Å². The second-order valence-electron chi connectivity index (χ2n) is 5.50. The molecule has 1 rings (SSSR count). The van der Waals surface area contributed by atoms with E-state index in [1.807, 2.05) is 0 Å². The van der Waals surface area contributed by atoms with Crippen LogP contribution < -0.4 is 5.32 Å². The van der Waals surface area contributed by atoms with E-state index in [9.17, 15) is 0 Å². The summed E-state index contributed by atoms with van der Waals surface area (Å²) in [6.07, 6.45) is 6.36. The molecular weight excluding hydrogens is 212 g/mol. The minimum Gasteiger partial charge on any atom is -0.396 e. The Labute approximate surface area is 105 Å². The standard InChI is InChI=1S/C14H26N2O/c1-4-7-16-8-5-13(11-16)10-15-12-14(2,3)6-9-17/h5,8,11,15,17H,4,6-7,9-10,12H2,1-3H3. The Balaban J connectivity index is 2.30. The van der Waals surface area contributed by atoms with Gasteiger partial charge in [-0.05, 0) is 29.9 Å². The maximum Gasteiger partial charge on any atom is 0.0436 e. The third-order valence-corrected chi connectivity index (χ3v) is 3.01. The number of aliphatic hydroxyl groups is 1. The summed E-state index contributed by atoms with van der Waals surface area (Å²) in [4.78, 5) is 0. The van der Waals surface area contributed by atoms with Crippen molar-refractivity contribution in [3.8, 4) is 0 Å². The lowest BCUT2D eigenvalue weighted by Gasteiger charge is -2.23. The molecule has 0 saturated carbocycles. The first kappa shape index (κ1) is 14.3. The summed E-state index contributed by atoms with van der Waals surface area (Å²) in [5.74, 6) is 0. The van der Waals surface area contributed by atoms with Crippen molar-refractivity contribution in [3.05, 3.63) is 24.0 Å². The molecule has 17 heavy (non-hydrogen) atoms. The second-order valence-corrected chi connectivity index (χ2v) is 5.50. The number of aryl methyl sites for hydroxylation is 1. The Morgan fingerprint density at radius 1 is 1.41 bits per heavy atom. The molecule has 0 aliphatic rings. The van der Waals surface area contributed by atoms with Crippen molar-refractivity contribution in [2.75, 3.05) is 13.2 Å². The maximum atomic E-state index is 8.95. The van der Waals surface area contributed by atoms with Crippen LogP contribution >= 0.6 is 0 Å². The fraction of sp³-hybridized carbons (Fsp3) is 0.714. The molecule has 0 aromatic carbocycles. The maximum absolute atomic E-state index is 8.95. The largest absolute Gasteiger partial charge is 0.396 e. The van der Waals surface area contributed by atoms with Gasteiger partial charge in [0, 0.05) is 38.6 Å². The van der Waals surface area contributed by atoms with Gasteiger partial charge in [-0.15, -0.1) is 0 Å². The number of nitrogens with zero attached hydrogens (tertiary/aromatic N) is 1. The zero-order valence-electron chi connectivity index (χ0n) is 11.4. The molecule has 1 aromatic heterocycles. The lowest BCUT2D eigenvalue weighted by atomic mass is 9.90. The Kier molecular flexibility index (Phi) is 5.72. The minimum atomic E-state index is 0.167. The zero-order chi connectivity index (χ0) is 12.7. The van der Waals surface area contributed by atoms with Crippen LogP contribution in [0.5, 0.6) is 0 Å². The Morgan fingerprint density at radius 3 is 2.82 bits per heavy atom. The van der Waals surface area contributed by atoms with Gasteiger partial charge in [0.2, 0.25) is 0 Å². The van der Waals surface area contributed by atoms with Gasteiger partial charge in [0.15, 0.2) is 0 Å². The molecule has 0 aliphatic heterocycles. The van der Waals surface area contributed by atoms with Crippen LogP contribution in [0, 0.1) is 5.41 Å². The van der Waals surface area contributed by atoms with Gasteiger partial charge in [-0.25, -0.2) is 0 Å². The molecule has 0 aliphatic carbocycles. The third-order valence-electron chi connectivity index (χ3n) is 3.01. The van der Waals surface area contributed by atoms with Crippen LogP contribution in [0.15, 0.2) is 18.5 Å². The van der Waals surface area contributed by atoms with E-state index in [1.165, 1.54) is 12.0 Å². The van der Waals surface area contributed by atoms with Gasteiger partial charge < -0.3 is 15.0 Å². The predicted molar refractivity (Wildman–Crippen MR) is 71.9 cm³/mol. The number of rotatable bonds is 8. The normalized spacial score (nSPS) is 12.0. The van der Waals surface area contributed by atoms with E-state index in [0.29, 0.717) is 0 Å². The fourth-order valence-electron chi connectivity index (χ4n) is 1.93. The van der Waals surface area contributed by atoms with Crippen molar-refractivity contribution in [2.45, 2.75) is 46.7 Å². The predicted octanol–water partition coefficient (Wildman–Crippen LogP) is 2.40. The van der Waals surface area contributed by atoms with E-state index in [2.05, 4.69) is 49.1 Å². The highest BCUT2D eigenvalue weighted by Crippen LogP contribution is 2.18. The molecule has 2 N–H and O–H groups in total. The van der Waals surface area contributed by atoms with E-state index in [-0.39, 0.29) is 12.0 Å². The first-order chi connectivity index (χ1) is 8.07. The van der Waals surface area contributed by atoms with E-state index in [0.717, 1.165) is 26.1 Å². The third kappa shape index (κ3) is 5.37. The summed E-state index contributed by atoms with van der Waals surface area (Å²) >= 11 is 0. The SMILES string of the molecule is CCCn1ccc(CNCC(C)(C)CCO)c1. The number of aliphatic hydroxyl groups excluding tert-OH is 1. The van der Waals surface area contributed by atoms with Crippen molar-refractivity contribution in [1.29, 1.82) is 0 Å². The highest BCUT2D eigenvalue weighted by atomic mass is 16.3. The van der Waals surface area contributed by atoms with Gasteiger partial charge in [-0.3, -0.25) is 0 Å². The quantitative estimate of drug-likeness (QED) is 0.729. The molecule has 3 nitrogen and oxygen atoms in total. The molecule has 3 heteroatoms. The van der Waals surface area contributed by atoms with Crippen LogP contribution in [0.25, 0.3) is 0 Å². The van der Waals surface area contributed by atoms with Gasteiger partial charge >= 0.3 is 0 Å². The van der Waals surface area contributed by atoms with Crippen molar-refractivity contribution in [3.63, 3.8) is 0 Å². The molecule has 0 spiro atoms. The molecule has 0 unspecified atom stereocenters. The van der Waals surface area contributed by atoms with Gasteiger partial charge in [0.1, 0.15) is 0 Å². The van der Waals surface area contributed by atoms with Crippen molar-refractivity contribution >= 4 is 0 Å². The molecule has 98 valence electrons. The average molecular weight is 238 g/mol. The second kappa shape index (κ2) is 6.82. The zero-order valence-corrected chi connectivity index (χ0v) is 11.4. The number of aromatic nitrogens is 1. The molecule has 0 amide bonds. The lowest BCUT2D eigenvalue weighted by Crippen LogP contribution is -2.29. The van der Waals surface area contributed by atoms with Gasteiger partial charge in [0.05, 0.1) is 0 Å². The van der Waals surface area contributed by atoms with Crippen LogP contribution in [0.3, 0.4) is 0 Å². The summed E-state index contributed by atoms with van der Waals surface area (Å²) in [6, 6.07) is 2.17. The molecule has 1 heterocycles. The van der Waals surface area contributed by atoms with Crippen LogP contribution in [-0.2, 0) is 13.1 Å². The minimum absolute atomic E-state index is 0.167. The average Bonchev–Trinajstić information content (AvgIpc) is 2.66. The number of hydrogen-bond acceptors (Lipinski definition) is 2. The van der Waals surface area contributed by atoms with Crippen LogP contribution in [-0.4, -0.2) is 22.8 Å². The van der Waals surface area contributed by atoms with Crippen LogP contribution in [0.1, 0.15) is 39.2 Å². The Morgan fingerprint density at radius 2 is 2.18 bits per heavy atom. The van der Waals surface area contributed by atoms with Gasteiger partial charge in [0.25, 0.3) is 0 Å². The highest BCUT2D eigenvalue weighted by molar-refractivity contribution is 5.09. The van der Waals surface area contributed by atoms with Crippen LogP contribution in [0.2, 0.25) is 0 Å². The smallest absolute Gasteiger partial charge is 0.0436 e. The molecule has 0 radical (unpaired) electrons. The van der Waals surface area contributed by atoms with Crippen LogP contribution in [0.4, 0.5) is 0 Å². The molecule has 0 bridgehead atoms. The number of hydrogen-bond donors (Lipinski definition) is 2. The van der Waals surface area contributed by atoms with E-state index < -0.39 is 0 Å². The van der Waals surface area contributed by atoms with Gasteiger partial charge in [-0.2, -0.15) is 0 Å². The highest BCUT2D eigenvalue weighted by Gasteiger charge is 2.16. The summed E-state index contributed by atoms with van der Waals surface area (Å²) in [5, 5.41) is 12.4. The Bertz CT molecular complexity index is 318. The first-order valence-corrected chi connectivity index (χ1v) is 6.53. The molecular formula is C14H26N2O. The van der Waals surface area contributed by atoms with Crippen molar-refractivity contribution in [1.82, 2.24) is 9.88 Å². The first-order valence-electron chi connectivity index (χ1n) is 6.53. The summed E-state index contributed by atoms with van der Waals surface area (Å²) in [7, 11) is 0. The summed E-state index contributed by atoms with van der Waals surface area (Å²) in [6.45, 7) is 9.75. The molecule has 1 aromatic rings. The monoisotopic (exact) mass is 238 g/mol.